The smallest absolute Gasteiger partial charge is 0.314 e. The highest BCUT2D eigenvalue weighted by Gasteiger charge is 2.27. The van der Waals surface area contributed by atoms with E-state index in [9.17, 15) is 13.2 Å². The third-order valence-corrected chi connectivity index (χ3v) is 3.68. The van der Waals surface area contributed by atoms with Crippen LogP contribution in [0, 0.1) is 0 Å². The van der Waals surface area contributed by atoms with E-state index in [1.54, 1.807) is 0 Å². The van der Waals surface area contributed by atoms with Crippen molar-refractivity contribution in [2.75, 3.05) is 19.6 Å². The SMILES string of the molecule is FC(F)(F)CCNC1CCN(Cc2ccccc2)CC1. The average Bonchev–Trinajstić information content (AvgIpc) is 2.41. The van der Waals surface area contributed by atoms with E-state index < -0.39 is 12.6 Å². The number of benzene rings is 1. The van der Waals surface area contributed by atoms with Gasteiger partial charge in [0.2, 0.25) is 0 Å². The molecule has 0 unspecified atom stereocenters. The molecular formula is C15H21F3N2. The van der Waals surface area contributed by atoms with E-state index >= 15 is 0 Å². The van der Waals surface area contributed by atoms with E-state index in [1.807, 2.05) is 18.2 Å². The second kappa shape index (κ2) is 7.09. The summed E-state index contributed by atoms with van der Waals surface area (Å²) in [4.78, 5) is 2.36. The predicted octanol–water partition coefficient (Wildman–Crippen LogP) is 3.19. The van der Waals surface area contributed by atoms with Crippen molar-refractivity contribution >= 4 is 0 Å². The van der Waals surface area contributed by atoms with Crippen LogP contribution in [0.5, 0.6) is 0 Å². The van der Waals surface area contributed by atoms with Crippen molar-refractivity contribution in [1.29, 1.82) is 0 Å². The third kappa shape index (κ3) is 5.51. The molecule has 1 saturated heterocycles. The van der Waals surface area contributed by atoms with Crippen LogP contribution in [0.3, 0.4) is 0 Å². The second-order valence-electron chi connectivity index (χ2n) is 5.36. The van der Waals surface area contributed by atoms with Gasteiger partial charge in [0, 0.05) is 19.1 Å². The van der Waals surface area contributed by atoms with E-state index in [0.29, 0.717) is 0 Å². The number of piperidine rings is 1. The molecule has 1 aliphatic rings. The lowest BCUT2D eigenvalue weighted by molar-refractivity contribution is -0.133. The Balaban J connectivity index is 1.65. The van der Waals surface area contributed by atoms with E-state index in [2.05, 4.69) is 22.3 Å². The maximum Gasteiger partial charge on any atom is 0.390 e. The third-order valence-electron chi connectivity index (χ3n) is 3.68. The van der Waals surface area contributed by atoms with Crippen LogP contribution >= 0.6 is 0 Å². The topological polar surface area (TPSA) is 15.3 Å². The summed E-state index contributed by atoms with van der Waals surface area (Å²) in [5.74, 6) is 0. The van der Waals surface area contributed by atoms with E-state index in [1.165, 1.54) is 5.56 Å². The van der Waals surface area contributed by atoms with Gasteiger partial charge in [0.25, 0.3) is 0 Å². The summed E-state index contributed by atoms with van der Waals surface area (Å²) in [6, 6.07) is 10.5. The highest BCUT2D eigenvalue weighted by Crippen LogP contribution is 2.19. The van der Waals surface area contributed by atoms with Crippen molar-refractivity contribution in [3.63, 3.8) is 0 Å². The first-order valence-corrected chi connectivity index (χ1v) is 7.09. The molecule has 1 N–H and O–H groups in total. The molecule has 0 amide bonds. The van der Waals surface area contributed by atoms with Crippen molar-refractivity contribution < 1.29 is 13.2 Å². The minimum Gasteiger partial charge on any atom is -0.314 e. The van der Waals surface area contributed by atoms with Gasteiger partial charge in [-0.15, -0.1) is 0 Å². The highest BCUT2D eigenvalue weighted by molar-refractivity contribution is 5.14. The van der Waals surface area contributed by atoms with Crippen molar-refractivity contribution in [1.82, 2.24) is 10.2 Å². The first kappa shape index (κ1) is 15.3. The molecule has 1 fully saturated rings. The van der Waals surface area contributed by atoms with Crippen LogP contribution in [0.2, 0.25) is 0 Å². The lowest BCUT2D eigenvalue weighted by Crippen LogP contribution is -2.42. The first-order valence-electron chi connectivity index (χ1n) is 7.09. The molecule has 2 nitrogen and oxygen atoms in total. The van der Waals surface area contributed by atoms with Gasteiger partial charge in [-0.05, 0) is 31.5 Å². The Morgan fingerprint density at radius 1 is 1.10 bits per heavy atom. The first-order chi connectivity index (χ1) is 9.53. The van der Waals surface area contributed by atoms with Gasteiger partial charge in [0.15, 0.2) is 0 Å². The number of halogens is 3. The number of rotatable bonds is 5. The van der Waals surface area contributed by atoms with Crippen molar-refractivity contribution in [3.05, 3.63) is 35.9 Å². The predicted molar refractivity (Wildman–Crippen MR) is 73.4 cm³/mol. The summed E-state index contributed by atoms with van der Waals surface area (Å²) in [6.45, 7) is 2.85. The summed E-state index contributed by atoms with van der Waals surface area (Å²) in [7, 11) is 0. The molecule has 1 aromatic carbocycles. The Morgan fingerprint density at radius 2 is 1.75 bits per heavy atom. The summed E-state index contributed by atoms with van der Waals surface area (Å²) >= 11 is 0. The van der Waals surface area contributed by atoms with Crippen LogP contribution in [0.1, 0.15) is 24.8 Å². The molecule has 0 bridgehead atoms. The summed E-state index contributed by atoms with van der Waals surface area (Å²) < 4.78 is 36.2. The zero-order chi connectivity index (χ0) is 14.4. The fraction of sp³-hybridized carbons (Fsp3) is 0.600. The van der Waals surface area contributed by atoms with Gasteiger partial charge in [0.1, 0.15) is 0 Å². The molecule has 20 heavy (non-hydrogen) atoms. The second-order valence-corrected chi connectivity index (χ2v) is 5.36. The molecular weight excluding hydrogens is 265 g/mol. The average molecular weight is 286 g/mol. The number of nitrogens with one attached hydrogen (secondary N) is 1. The lowest BCUT2D eigenvalue weighted by Gasteiger charge is -2.32. The van der Waals surface area contributed by atoms with Crippen molar-refractivity contribution in [2.24, 2.45) is 0 Å². The molecule has 0 aromatic heterocycles. The number of hydrogen-bond acceptors (Lipinski definition) is 2. The Kier molecular flexibility index (Phi) is 5.43. The van der Waals surface area contributed by atoms with Crippen LogP contribution < -0.4 is 5.32 Å². The van der Waals surface area contributed by atoms with Crippen LogP contribution in [0.4, 0.5) is 13.2 Å². The normalized spacial score (nSPS) is 18.4. The van der Waals surface area contributed by atoms with Crippen LogP contribution in [0.25, 0.3) is 0 Å². The van der Waals surface area contributed by atoms with Gasteiger partial charge in [-0.2, -0.15) is 13.2 Å². The zero-order valence-electron chi connectivity index (χ0n) is 11.5. The Morgan fingerprint density at radius 3 is 2.35 bits per heavy atom. The van der Waals surface area contributed by atoms with Crippen LogP contribution in [0.15, 0.2) is 30.3 Å². The maximum atomic E-state index is 12.1. The molecule has 2 rings (SSSR count). The molecule has 0 aliphatic carbocycles. The fourth-order valence-electron chi connectivity index (χ4n) is 2.55. The molecule has 1 aliphatic heterocycles. The number of likely N-dealkylation sites (tertiary alicyclic amines) is 1. The minimum atomic E-state index is -4.05. The fourth-order valence-corrected chi connectivity index (χ4v) is 2.55. The zero-order valence-corrected chi connectivity index (χ0v) is 11.5. The number of nitrogens with zero attached hydrogens (tertiary/aromatic N) is 1. The summed E-state index contributed by atoms with van der Waals surface area (Å²) in [5, 5.41) is 3.02. The largest absolute Gasteiger partial charge is 0.390 e. The van der Waals surface area contributed by atoms with Crippen LogP contribution in [-0.4, -0.2) is 36.8 Å². The quantitative estimate of drug-likeness (QED) is 0.894. The molecule has 0 spiro atoms. The van der Waals surface area contributed by atoms with Crippen LogP contribution in [-0.2, 0) is 6.54 Å². The van der Waals surface area contributed by atoms with Gasteiger partial charge in [0.05, 0.1) is 6.42 Å². The van der Waals surface area contributed by atoms with Crippen molar-refractivity contribution in [3.8, 4) is 0 Å². The van der Waals surface area contributed by atoms with Crippen molar-refractivity contribution in [2.45, 2.75) is 38.0 Å². The lowest BCUT2D eigenvalue weighted by atomic mass is 10.0. The monoisotopic (exact) mass is 286 g/mol. The van der Waals surface area contributed by atoms with Gasteiger partial charge < -0.3 is 5.32 Å². The molecule has 1 aromatic rings. The van der Waals surface area contributed by atoms with Gasteiger partial charge in [-0.3, -0.25) is 4.90 Å². The standard InChI is InChI=1S/C15H21F3N2/c16-15(17,18)8-9-19-14-6-10-20(11-7-14)12-13-4-2-1-3-5-13/h1-5,14,19H,6-12H2. The summed E-state index contributed by atoms with van der Waals surface area (Å²) in [6.07, 6.45) is -2.95. The summed E-state index contributed by atoms with van der Waals surface area (Å²) in [5.41, 5.74) is 1.29. The van der Waals surface area contributed by atoms with E-state index in [-0.39, 0.29) is 12.6 Å². The maximum absolute atomic E-state index is 12.1. The van der Waals surface area contributed by atoms with E-state index in [4.69, 9.17) is 0 Å². The van der Waals surface area contributed by atoms with E-state index in [0.717, 1.165) is 32.5 Å². The van der Waals surface area contributed by atoms with Gasteiger partial charge in [-0.25, -0.2) is 0 Å². The number of alkyl halides is 3. The molecule has 0 saturated carbocycles. The molecule has 0 atom stereocenters. The molecule has 112 valence electrons. The molecule has 1 heterocycles. The minimum absolute atomic E-state index is 0.0346. The highest BCUT2D eigenvalue weighted by atomic mass is 19.4. The Labute approximate surface area is 118 Å². The Bertz CT molecular complexity index is 384. The number of hydrogen-bond donors (Lipinski definition) is 1. The molecule has 0 radical (unpaired) electrons. The Hall–Kier alpha value is -1.07. The van der Waals surface area contributed by atoms with Gasteiger partial charge >= 0.3 is 6.18 Å². The molecule has 5 heteroatoms. The van der Waals surface area contributed by atoms with Gasteiger partial charge in [-0.1, -0.05) is 30.3 Å².